The minimum Gasteiger partial charge on any atom is -0.393 e. The number of para-hydroxylation sites is 1. The van der Waals surface area contributed by atoms with Crippen molar-refractivity contribution < 1.29 is 5.11 Å². The first-order valence-electron chi connectivity index (χ1n) is 10.1. The van der Waals surface area contributed by atoms with Crippen molar-refractivity contribution in [2.24, 2.45) is 0 Å². The lowest BCUT2D eigenvalue weighted by Gasteiger charge is -2.29. The third kappa shape index (κ3) is 4.89. The Labute approximate surface area is 170 Å². The highest BCUT2D eigenvalue weighted by Crippen LogP contribution is 2.27. The maximum Gasteiger partial charge on any atom is 0.107 e. The molecule has 0 amide bonds. The van der Waals surface area contributed by atoms with E-state index < -0.39 is 0 Å². The Morgan fingerprint density at radius 3 is 2.68 bits per heavy atom. The van der Waals surface area contributed by atoms with Crippen LogP contribution in [-0.4, -0.2) is 52.1 Å². The van der Waals surface area contributed by atoms with Gasteiger partial charge in [0.15, 0.2) is 0 Å². The summed E-state index contributed by atoms with van der Waals surface area (Å²) >= 11 is 1.73. The minimum atomic E-state index is -0.0915. The molecule has 0 aliphatic carbocycles. The number of hydrogen-bond donors (Lipinski definition) is 2. The lowest BCUT2D eigenvalue weighted by Crippen LogP contribution is -2.37. The van der Waals surface area contributed by atoms with Gasteiger partial charge in [0.1, 0.15) is 5.69 Å². The number of hydrogen-bond acceptors (Lipinski definition) is 5. The Bertz CT molecular complexity index is 839. The summed E-state index contributed by atoms with van der Waals surface area (Å²) in [6, 6.07) is 14.5. The largest absolute Gasteiger partial charge is 0.393 e. The van der Waals surface area contributed by atoms with Crippen molar-refractivity contribution in [3.05, 3.63) is 59.6 Å². The molecule has 4 rings (SSSR count). The first-order chi connectivity index (χ1) is 13.8. The van der Waals surface area contributed by atoms with E-state index in [-0.39, 0.29) is 6.10 Å². The van der Waals surface area contributed by atoms with Crippen molar-refractivity contribution >= 4 is 11.3 Å². The van der Waals surface area contributed by atoms with Gasteiger partial charge in [-0.3, -0.25) is 0 Å². The lowest BCUT2D eigenvalue weighted by molar-refractivity contribution is 0.0821. The zero-order valence-corrected chi connectivity index (χ0v) is 16.9. The fraction of sp³-hybridized carbons (Fsp3) is 0.409. The number of aliphatic hydroxyl groups is 1. The quantitative estimate of drug-likeness (QED) is 0.572. The van der Waals surface area contributed by atoms with E-state index >= 15 is 0 Å². The second-order valence-electron chi connectivity index (χ2n) is 7.36. The standard InChI is InChI=1S/C22H28N4OS/c27-20-9-13-25(14-10-20)12-5-11-23-16-18-17-26(19-6-2-1-3-7-19)24-22(18)21-8-4-15-28-21/h1-4,6-8,15,17,20,23,27H,5,9-14,16H2. The number of nitrogens with zero attached hydrogens (tertiary/aromatic N) is 3. The Kier molecular flexibility index (Phi) is 6.54. The number of rotatable bonds is 8. The predicted octanol–water partition coefficient (Wildman–Crippen LogP) is 3.54. The van der Waals surface area contributed by atoms with Crippen LogP contribution in [0.2, 0.25) is 0 Å². The van der Waals surface area contributed by atoms with E-state index in [0.29, 0.717) is 0 Å². The molecule has 6 heteroatoms. The molecule has 3 heterocycles. The van der Waals surface area contributed by atoms with Gasteiger partial charge >= 0.3 is 0 Å². The van der Waals surface area contributed by atoms with Crippen LogP contribution < -0.4 is 5.32 Å². The second kappa shape index (κ2) is 9.47. The molecule has 5 nitrogen and oxygen atoms in total. The van der Waals surface area contributed by atoms with Gasteiger partial charge in [0.05, 0.1) is 16.7 Å². The van der Waals surface area contributed by atoms with E-state index in [4.69, 9.17) is 5.10 Å². The zero-order chi connectivity index (χ0) is 19.2. The van der Waals surface area contributed by atoms with E-state index in [0.717, 1.165) is 63.4 Å². The van der Waals surface area contributed by atoms with Gasteiger partial charge in [-0.2, -0.15) is 5.10 Å². The third-order valence-electron chi connectivity index (χ3n) is 5.27. The summed E-state index contributed by atoms with van der Waals surface area (Å²) in [6.07, 6.45) is 5.00. The number of aliphatic hydroxyl groups excluding tert-OH is 1. The van der Waals surface area contributed by atoms with Crippen molar-refractivity contribution in [3.8, 4) is 16.3 Å². The Morgan fingerprint density at radius 2 is 1.93 bits per heavy atom. The topological polar surface area (TPSA) is 53.3 Å². The number of thiophene rings is 1. The van der Waals surface area contributed by atoms with Gasteiger partial charge in [0.2, 0.25) is 0 Å². The minimum absolute atomic E-state index is 0.0915. The molecule has 1 aliphatic heterocycles. The zero-order valence-electron chi connectivity index (χ0n) is 16.1. The highest BCUT2D eigenvalue weighted by atomic mass is 32.1. The number of aromatic nitrogens is 2. The monoisotopic (exact) mass is 396 g/mol. The van der Waals surface area contributed by atoms with E-state index in [1.807, 2.05) is 22.9 Å². The van der Waals surface area contributed by atoms with Crippen LogP contribution in [-0.2, 0) is 6.54 Å². The molecule has 1 aromatic carbocycles. The van der Waals surface area contributed by atoms with Crippen molar-refractivity contribution in [1.29, 1.82) is 0 Å². The summed E-state index contributed by atoms with van der Waals surface area (Å²) in [4.78, 5) is 3.66. The predicted molar refractivity (Wildman–Crippen MR) is 115 cm³/mol. The molecule has 0 saturated carbocycles. The molecule has 1 saturated heterocycles. The van der Waals surface area contributed by atoms with Crippen LogP contribution in [0.25, 0.3) is 16.3 Å². The van der Waals surface area contributed by atoms with Crippen LogP contribution in [0.5, 0.6) is 0 Å². The molecule has 0 bridgehead atoms. The summed E-state index contributed by atoms with van der Waals surface area (Å²) in [6.45, 7) is 4.94. The molecule has 1 aliphatic rings. The van der Waals surface area contributed by atoms with Gasteiger partial charge in [0.25, 0.3) is 0 Å². The smallest absolute Gasteiger partial charge is 0.107 e. The first-order valence-corrected chi connectivity index (χ1v) is 11.0. The molecule has 2 N–H and O–H groups in total. The van der Waals surface area contributed by atoms with Crippen molar-refractivity contribution in [1.82, 2.24) is 20.0 Å². The average molecular weight is 397 g/mol. The molecular weight excluding hydrogens is 368 g/mol. The fourth-order valence-corrected chi connectivity index (χ4v) is 4.41. The molecule has 0 unspecified atom stereocenters. The molecule has 28 heavy (non-hydrogen) atoms. The maximum atomic E-state index is 9.61. The molecule has 3 aromatic rings. The van der Waals surface area contributed by atoms with Crippen LogP contribution in [0.4, 0.5) is 0 Å². The molecular formula is C22H28N4OS. The molecule has 0 atom stereocenters. The molecule has 2 aromatic heterocycles. The van der Waals surface area contributed by atoms with Crippen LogP contribution in [0.1, 0.15) is 24.8 Å². The summed E-state index contributed by atoms with van der Waals surface area (Å²) in [5.74, 6) is 0. The van der Waals surface area contributed by atoms with Crippen LogP contribution in [0.3, 0.4) is 0 Å². The van der Waals surface area contributed by atoms with Crippen LogP contribution in [0, 0.1) is 0 Å². The van der Waals surface area contributed by atoms with Crippen molar-refractivity contribution in [2.75, 3.05) is 26.2 Å². The number of piperidine rings is 1. The number of nitrogens with one attached hydrogen (secondary N) is 1. The van der Waals surface area contributed by atoms with Crippen LogP contribution in [0.15, 0.2) is 54.0 Å². The highest BCUT2D eigenvalue weighted by molar-refractivity contribution is 7.13. The number of likely N-dealkylation sites (tertiary alicyclic amines) is 1. The molecule has 148 valence electrons. The Hall–Kier alpha value is -1.99. The Morgan fingerprint density at radius 1 is 1.11 bits per heavy atom. The van der Waals surface area contributed by atoms with Crippen molar-refractivity contribution in [2.45, 2.75) is 31.9 Å². The van der Waals surface area contributed by atoms with Gasteiger partial charge in [-0.15, -0.1) is 11.3 Å². The van der Waals surface area contributed by atoms with Gasteiger partial charge in [-0.1, -0.05) is 24.3 Å². The van der Waals surface area contributed by atoms with Gasteiger partial charge in [-0.05, 0) is 55.9 Å². The van der Waals surface area contributed by atoms with E-state index in [1.165, 1.54) is 10.4 Å². The maximum absolute atomic E-state index is 9.61. The highest BCUT2D eigenvalue weighted by Gasteiger charge is 2.16. The van der Waals surface area contributed by atoms with E-state index in [9.17, 15) is 5.11 Å². The van der Waals surface area contributed by atoms with E-state index in [1.54, 1.807) is 11.3 Å². The molecule has 0 radical (unpaired) electrons. The van der Waals surface area contributed by atoms with Gasteiger partial charge in [-0.25, -0.2) is 4.68 Å². The third-order valence-corrected chi connectivity index (χ3v) is 6.14. The summed E-state index contributed by atoms with van der Waals surface area (Å²) in [5.41, 5.74) is 3.38. The van der Waals surface area contributed by atoms with Gasteiger partial charge in [0, 0.05) is 31.4 Å². The first kappa shape index (κ1) is 19.3. The lowest BCUT2D eigenvalue weighted by atomic mass is 10.1. The van der Waals surface area contributed by atoms with Crippen LogP contribution >= 0.6 is 11.3 Å². The fourth-order valence-electron chi connectivity index (χ4n) is 3.67. The summed E-state index contributed by atoms with van der Waals surface area (Å²) in [7, 11) is 0. The average Bonchev–Trinajstić information content (AvgIpc) is 3.39. The molecule has 0 spiro atoms. The summed E-state index contributed by atoms with van der Waals surface area (Å²) < 4.78 is 1.98. The van der Waals surface area contributed by atoms with Gasteiger partial charge < -0.3 is 15.3 Å². The SMILES string of the molecule is OC1CCN(CCCNCc2cn(-c3ccccc3)nc2-c2cccs2)CC1. The Balaban J connectivity index is 1.35. The molecule has 1 fully saturated rings. The summed E-state index contributed by atoms with van der Waals surface area (Å²) in [5, 5.41) is 20.2. The van der Waals surface area contributed by atoms with E-state index in [2.05, 4.69) is 46.1 Å². The number of benzene rings is 1. The second-order valence-corrected chi connectivity index (χ2v) is 8.31. The normalized spacial score (nSPS) is 15.9. The van der Waals surface area contributed by atoms with Crippen molar-refractivity contribution in [3.63, 3.8) is 0 Å².